The van der Waals surface area contributed by atoms with Crippen molar-refractivity contribution >= 4 is 5.97 Å². The van der Waals surface area contributed by atoms with Crippen molar-refractivity contribution in [1.82, 2.24) is 0 Å². The quantitative estimate of drug-likeness (QED) is 0.320. The summed E-state index contributed by atoms with van der Waals surface area (Å²) in [7, 11) is 1.61. The van der Waals surface area contributed by atoms with E-state index in [1.54, 1.807) is 7.11 Å². The SMILES string of the molecule is COC(=O)[C@@]12CC[C@H]([C@H](C)CCCC(C)C)[C@@]1(C)CC[C@H]1C2=CC[C@H]2C(C)(C)[C@@H](O)CC[C@]12C. The second-order valence-electron chi connectivity index (χ2n) is 14.2. The lowest BCUT2D eigenvalue weighted by atomic mass is 9.40. The minimum absolute atomic E-state index is 0.0213. The molecule has 0 heterocycles. The van der Waals surface area contributed by atoms with Crippen molar-refractivity contribution in [2.75, 3.05) is 7.11 Å². The number of allylic oxidation sites excluding steroid dienone is 1. The van der Waals surface area contributed by atoms with Gasteiger partial charge in [-0.2, -0.15) is 0 Å². The Balaban J connectivity index is 1.72. The minimum Gasteiger partial charge on any atom is -0.468 e. The molecule has 34 heavy (non-hydrogen) atoms. The predicted octanol–water partition coefficient (Wildman–Crippen LogP) is 7.57. The Morgan fingerprint density at radius 1 is 1.06 bits per heavy atom. The average molecular weight is 473 g/mol. The number of aliphatic hydroxyl groups is 1. The fourth-order valence-electron chi connectivity index (χ4n) is 9.96. The number of hydrogen-bond donors (Lipinski definition) is 1. The highest BCUT2D eigenvalue weighted by molar-refractivity contribution is 5.83. The van der Waals surface area contributed by atoms with Crippen LogP contribution in [0.5, 0.6) is 0 Å². The number of methoxy groups -OCH3 is 1. The van der Waals surface area contributed by atoms with Gasteiger partial charge in [-0.3, -0.25) is 4.79 Å². The summed E-state index contributed by atoms with van der Waals surface area (Å²) in [5, 5.41) is 10.9. The van der Waals surface area contributed by atoms with E-state index in [0.717, 1.165) is 44.4 Å². The maximum atomic E-state index is 13.8. The zero-order valence-electron chi connectivity index (χ0n) is 23.4. The Hall–Kier alpha value is -0.830. The van der Waals surface area contributed by atoms with Crippen LogP contribution in [0.15, 0.2) is 11.6 Å². The number of aliphatic hydroxyl groups excluding tert-OH is 1. The topological polar surface area (TPSA) is 46.5 Å². The molecule has 0 aromatic rings. The molecule has 8 atom stereocenters. The first-order valence-corrected chi connectivity index (χ1v) is 14.3. The van der Waals surface area contributed by atoms with Crippen molar-refractivity contribution in [3.63, 3.8) is 0 Å². The first-order chi connectivity index (χ1) is 15.9. The molecule has 0 bridgehead atoms. The lowest BCUT2D eigenvalue weighted by Crippen LogP contribution is -2.60. The molecule has 0 aromatic carbocycles. The van der Waals surface area contributed by atoms with E-state index in [4.69, 9.17) is 4.74 Å². The number of fused-ring (bicyclic) bond motifs is 5. The summed E-state index contributed by atoms with van der Waals surface area (Å²) in [5.41, 5.74) is 1.01. The third-order valence-corrected chi connectivity index (χ3v) is 12.0. The standard InChI is InChI=1S/C31H52O3/c1-20(2)10-9-11-21(3)22-15-19-31(27(33)34-8)24-12-13-25-28(4,5)26(32)16-17-29(25,6)23(24)14-18-30(22,31)7/h12,20-23,25-26,32H,9-11,13-19H2,1-8H3/t21-,22-,23+,25+,26+,29-,30-,31+/m1/s1. The van der Waals surface area contributed by atoms with Gasteiger partial charge >= 0.3 is 5.97 Å². The molecule has 0 unspecified atom stereocenters. The smallest absolute Gasteiger partial charge is 0.316 e. The van der Waals surface area contributed by atoms with E-state index in [1.807, 2.05) is 0 Å². The highest BCUT2D eigenvalue weighted by Crippen LogP contribution is 2.73. The summed E-state index contributed by atoms with van der Waals surface area (Å²) >= 11 is 0. The van der Waals surface area contributed by atoms with Crippen LogP contribution in [0.2, 0.25) is 0 Å². The number of carbonyl (C=O) groups is 1. The number of ether oxygens (including phenoxy) is 1. The molecule has 4 rings (SSSR count). The van der Waals surface area contributed by atoms with Gasteiger partial charge in [0.05, 0.1) is 18.6 Å². The number of carbonyl (C=O) groups excluding carboxylic acids is 1. The van der Waals surface area contributed by atoms with Crippen LogP contribution < -0.4 is 0 Å². The zero-order chi connectivity index (χ0) is 25.1. The lowest BCUT2D eigenvalue weighted by molar-refractivity contribution is -0.168. The lowest BCUT2D eigenvalue weighted by Gasteiger charge is -2.64. The molecule has 3 fully saturated rings. The minimum atomic E-state index is -0.462. The van der Waals surface area contributed by atoms with E-state index >= 15 is 0 Å². The molecular formula is C31H52O3. The van der Waals surface area contributed by atoms with Crippen molar-refractivity contribution in [2.24, 2.45) is 51.2 Å². The van der Waals surface area contributed by atoms with E-state index in [1.165, 1.54) is 31.3 Å². The van der Waals surface area contributed by atoms with Crippen molar-refractivity contribution in [1.29, 1.82) is 0 Å². The zero-order valence-corrected chi connectivity index (χ0v) is 23.4. The van der Waals surface area contributed by atoms with Gasteiger partial charge in [0, 0.05) is 0 Å². The predicted molar refractivity (Wildman–Crippen MR) is 139 cm³/mol. The molecule has 4 aliphatic carbocycles. The number of rotatable bonds is 6. The molecule has 194 valence electrons. The van der Waals surface area contributed by atoms with E-state index in [9.17, 15) is 9.90 Å². The highest BCUT2D eigenvalue weighted by Gasteiger charge is 2.70. The number of esters is 1. The van der Waals surface area contributed by atoms with Crippen LogP contribution in [0.4, 0.5) is 0 Å². The third kappa shape index (κ3) is 3.57. The summed E-state index contributed by atoms with van der Waals surface area (Å²) in [5.74, 6) is 2.90. The second kappa shape index (κ2) is 8.93. The van der Waals surface area contributed by atoms with E-state index < -0.39 is 5.41 Å². The van der Waals surface area contributed by atoms with Crippen molar-refractivity contribution in [2.45, 2.75) is 119 Å². The van der Waals surface area contributed by atoms with Gasteiger partial charge < -0.3 is 9.84 Å². The summed E-state index contributed by atoms with van der Waals surface area (Å²) < 4.78 is 5.66. The van der Waals surface area contributed by atoms with Crippen LogP contribution in [0.1, 0.15) is 113 Å². The van der Waals surface area contributed by atoms with E-state index in [-0.39, 0.29) is 28.3 Å². The summed E-state index contributed by atoms with van der Waals surface area (Å²) in [6.07, 6.45) is 13.4. The van der Waals surface area contributed by atoms with Crippen molar-refractivity contribution in [3.05, 3.63) is 11.6 Å². The molecule has 0 amide bonds. The molecule has 3 nitrogen and oxygen atoms in total. The number of hydrogen-bond acceptors (Lipinski definition) is 3. The molecule has 0 saturated heterocycles. The largest absolute Gasteiger partial charge is 0.468 e. The monoisotopic (exact) mass is 472 g/mol. The van der Waals surface area contributed by atoms with Crippen LogP contribution in [0, 0.1) is 51.2 Å². The van der Waals surface area contributed by atoms with Gasteiger partial charge in [0.2, 0.25) is 0 Å². The molecule has 0 aliphatic heterocycles. The maximum Gasteiger partial charge on any atom is 0.316 e. The Kier molecular flexibility index (Phi) is 6.89. The van der Waals surface area contributed by atoms with Gasteiger partial charge in [-0.25, -0.2) is 0 Å². The van der Waals surface area contributed by atoms with Crippen LogP contribution in [0.25, 0.3) is 0 Å². The summed E-state index contributed by atoms with van der Waals surface area (Å²) in [6.45, 7) is 16.6. The van der Waals surface area contributed by atoms with Crippen LogP contribution in [-0.2, 0) is 9.53 Å². The fraction of sp³-hybridized carbons (Fsp3) is 0.903. The molecule has 4 aliphatic rings. The maximum absolute atomic E-state index is 13.8. The van der Waals surface area contributed by atoms with Crippen LogP contribution >= 0.6 is 0 Å². The van der Waals surface area contributed by atoms with Gasteiger partial charge in [-0.1, -0.05) is 79.4 Å². The van der Waals surface area contributed by atoms with E-state index in [0.29, 0.717) is 23.7 Å². The third-order valence-electron chi connectivity index (χ3n) is 12.0. The fourth-order valence-corrected chi connectivity index (χ4v) is 9.96. The van der Waals surface area contributed by atoms with Gasteiger partial charge in [0.1, 0.15) is 0 Å². The molecule has 0 radical (unpaired) electrons. The summed E-state index contributed by atoms with van der Waals surface area (Å²) in [4.78, 5) is 13.8. The Labute approximate surface area is 209 Å². The Morgan fingerprint density at radius 2 is 1.76 bits per heavy atom. The first kappa shape index (κ1) is 26.2. The molecule has 3 heteroatoms. The van der Waals surface area contributed by atoms with E-state index in [2.05, 4.69) is 54.5 Å². The van der Waals surface area contributed by atoms with Crippen LogP contribution in [0.3, 0.4) is 0 Å². The molecular weight excluding hydrogens is 420 g/mol. The molecule has 3 saturated carbocycles. The van der Waals surface area contributed by atoms with Crippen LogP contribution in [-0.4, -0.2) is 24.3 Å². The van der Waals surface area contributed by atoms with Gasteiger partial charge in [-0.05, 0) is 90.8 Å². The summed E-state index contributed by atoms with van der Waals surface area (Å²) in [6, 6.07) is 0. The van der Waals surface area contributed by atoms with Gasteiger partial charge in [0.25, 0.3) is 0 Å². The average Bonchev–Trinajstić information content (AvgIpc) is 3.10. The second-order valence-corrected chi connectivity index (χ2v) is 14.2. The molecule has 0 aromatic heterocycles. The van der Waals surface area contributed by atoms with Gasteiger partial charge in [0.15, 0.2) is 0 Å². The van der Waals surface area contributed by atoms with Gasteiger partial charge in [-0.15, -0.1) is 0 Å². The Bertz CT molecular complexity index is 811. The van der Waals surface area contributed by atoms with Crippen molar-refractivity contribution in [3.8, 4) is 0 Å². The Morgan fingerprint density at radius 3 is 2.41 bits per heavy atom. The molecule has 0 spiro atoms. The molecule has 1 N–H and O–H groups in total. The highest BCUT2D eigenvalue weighted by atomic mass is 16.5. The van der Waals surface area contributed by atoms with Crippen molar-refractivity contribution < 1.29 is 14.6 Å². The normalized spacial score (nSPS) is 44.0. The first-order valence-electron chi connectivity index (χ1n) is 14.3.